The molecule has 0 aliphatic rings. The summed E-state index contributed by atoms with van der Waals surface area (Å²) in [5, 5.41) is 28.4. The van der Waals surface area contributed by atoms with Crippen LogP contribution in [0.3, 0.4) is 0 Å². The zero-order valence-corrected chi connectivity index (χ0v) is 9.39. The number of carboxylic acid groups (broad SMARTS) is 1. The molecule has 0 bridgehead atoms. The highest BCUT2D eigenvalue weighted by Crippen LogP contribution is 2.24. The van der Waals surface area contributed by atoms with Crippen molar-refractivity contribution in [3.05, 3.63) is 38.9 Å². The first-order valence-electron chi connectivity index (χ1n) is 4.02. The van der Waals surface area contributed by atoms with E-state index >= 15 is 0 Å². The molecule has 0 saturated carbocycles. The van der Waals surface area contributed by atoms with E-state index in [9.17, 15) is 14.9 Å². The van der Waals surface area contributed by atoms with Crippen LogP contribution in [-0.4, -0.2) is 16.0 Å². The number of rotatable bonds is 3. The number of halogens is 1. The van der Waals surface area contributed by atoms with Crippen LogP contribution in [0.5, 0.6) is 0 Å². The minimum Gasteiger partial charge on any atom is -0.478 e. The standard InChI is InChI=1S/C9H5BrN2O4/c10-3-5-1-6(12(15)16)2-7(9(13)14)8(5)4-11/h1-2H,3H2,(H,13,14). The van der Waals surface area contributed by atoms with Gasteiger partial charge in [0, 0.05) is 17.5 Å². The number of nitrogens with zero attached hydrogens (tertiary/aromatic N) is 2. The van der Waals surface area contributed by atoms with Gasteiger partial charge in [0.2, 0.25) is 0 Å². The molecule has 0 aliphatic carbocycles. The molecule has 0 radical (unpaired) electrons. The quantitative estimate of drug-likeness (QED) is 0.520. The first-order chi connectivity index (χ1) is 7.51. The van der Waals surface area contributed by atoms with Gasteiger partial charge in [-0.2, -0.15) is 5.26 Å². The number of carbonyl (C=O) groups is 1. The Kier molecular flexibility index (Phi) is 3.58. The topological polar surface area (TPSA) is 104 Å². The third-order valence-corrected chi connectivity index (χ3v) is 2.51. The van der Waals surface area contributed by atoms with Gasteiger partial charge in [0.1, 0.15) is 6.07 Å². The second kappa shape index (κ2) is 4.72. The third kappa shape index (κ3) is 2.17. The van der Waals surface area contributed by atoms with Gasteiger partial charge in [-0.25, -0.2) is 4.79 Å². The van der Waals surface area contributed by atoms with Gasteiger partial charge in [0.25, 0.3) is 5.69 Å². The Morgan fingerprint density at radius 2 is 2.25 bits per heavy atom. The van der Waals surface area contributed by atoms with Crippen molar-refractivity contribution >= 4 is 27.6 Å². The van der Waals surface area contributed by atoms with Crippen LogP contribution in [0, 0.1) is 21.4 Å². The molecule has 1 aromatic carbocycles. The van der Waals surface area contributed by atoms with Crippen LogP contribution in [0.2, 0.25) is 0 Å². The van der Waals surface area contributed by atoms with Gasteiger partial charge in [0.15, 0.2) is 0 Å². The van der Waals surface area contributed by atoms with E-state index in [0.29, 0.717) is 0 Å². The number of carboxylic acids is 1. The highest BCUT2D eigenvalue weighted by atomic mass is 79.9. The average molecular weight is 285 g/mol. The Labute approximate surface area is 98.4 Å². The van der Waals surface area contributed by atoms with Gasteiger partial charge in [-0.15, -0.1) is 0 Å². The molecule has 0 spiro atoms. The predicted molar refractivity (Wildman–Crippen MR) is 57.4 cm³/mol. The molecule has 7 heteroatoms. The molecule has 0 aromatic heterocycles. The molecule has 1 aromatic rings. The van der Waals surface area contributed by atoms with E-state index in [0.717, 1.165) is 6.07 Å². The number of aromatic carboxylic acids is 1. The summed E-state index contributed by atoms with van der Waals surface area (Å²) in [6, 6.07) is 3.79. The number of benzene rings is 1. The van der Waals surface area contributed by atoms with E-state index in [2.05, 4.69) is 15.9 Å². The maximum absolute atomic E-state index is 10.8. The van der Waals surface area contributed by atoms with Crippen molar-refractivity contribution in [2.45, 2.75) is 5.33 Å². The number of hydrogen-bond acceptors (Lipinski definition) is 4. The molecule has 0 unspecified atom stereocenters. The minimum absolute atomic E-state index is 0.0602. The molecule has 6 nitrogen and oxygen atoms in total. The fourth-order valence-corrected chi connectivity index (χ4v) is 1.64. The number of nitro groups is 1. The minimum atomic E-state index is -1.36. The lowest BCUT2D eigenvalue weighted by Gasteiger charge is -2.03. The molecule has 1 N–H and O–H groups in total. The summed E-state index contributed by atoms with van der Waals surface area (Å²) >= 11 is 3.05. The molecule has 0 aliphatic heterocycles. The average Bonchev–Trinajstić information content (AvgIpc) is 2.26. The van der Waals surface area contributed by atoms with Crippen LogP contribution >= 0.6 is 15.9 Å². The summed E-state index contributed by atoms with van der Waals surface area (Å²) in [5.41, 5.74) is -0.471. The van der Waals surface area contributed by atoms with Crippen LogP contribution < -0.4 is 0 Å². The monoisotopic (exact) mass is 284 g/mol. The summed E-state index contributed by atoms with van der Waals surface area (Å²) in [6.45, 7) is 0. The van der Waals surface area contributed by atoms with Crippen LogP contribution in [0.1, 0.15) is 21.5 Å². The Balaban J connectivity index is 3.57. The highest BCUT2D eigenvalue weighted by Gasteiger charge is 2.19. The van der Waals surface area contributed by atoms with Gasteiger partial charge in [-0.3, -0.25) is 10.1 Å². The first-order valence-corrected chi connectivity index (χ1v) is 5.14. The SMILES string of the molecule is N#Cc1c(CBr)cc([N+](=O)[O-])cc1C(=O)O. The van der Waals surface area contributed by atoms with E-state index in [1.54, 1.807) is 6.07 Å². The lowest BCUT2D eigenvalue weighted by atomic mass is 10.0. The van der Waals surface area contributed by atoms with Crippen molar-refractivity contribution in [2.24, 2.45) is 0 Å². The predicted octanol–water partition coefficient (Wildman–Crippen LogP) is 2.06. The summed E-state index contributed by atoms with van der Waals surface area (Å²) in [6.07, 6.45) is 0. The Bertz CT molecular complexity index is 507. The van der Waals surface area contributed by atoms with Gasteiger partial charge < -0.3 is 5.11 Å². The van der Waals surface area contributed by atoms with Crippen molar-refractivity contribution < 1.29 is 14.8 Å². The summed E-state index contributed by atoms with van der Waals surface area (Å²) in [7, 11) is 0. The molecular weight excluding hydrogens is 280 g/mol. The molecule has 1 rings (SSSR count). The molecular formula is C9H5BrN2O4. The van der Waals surface area contributed by atoms with Gasteiger partial charge in [-0.1, -0.05) is 15.9 Å². The van der Waals surface area contributed by atoms with Gasteiger partial charge in [-0.05, 0) is 5.56 Å². The second-order valence-corrected chi connectivity index (χ2v) is 3.40. The summed E-state index contributed by atoms with van der Waals surface area (Å²) in [5.74, 6) is -1.36. The van der Waals surface area contributed by atoms with E-state index in [1.807, 2.05) is 0 Å². The zero-order chi connectivity index (χ0) is 12.3. The zero-order valence-electron chi connectivity index (χ0n) is 7.81. The highest BCUT2D eigenvalue weighted by molar-refractivity contribution is 9.08. The number of hydrogen-bond donors (Lipinski definition) is 1. The van der Waals surface area contributed by atoms with Crippen LogP contribution in [-0.2, 0) is 5.33 Å². The van der Waals surface area contributed by atoms with E-state index in [1.165, 1.54) is 6.07 Å². The number of non-ortho nitro benzene ring substituents is 1. The molecule has 0 amide bonds. The largest absolute Gasteiger partial charge is 0.478 e. The lowest BCUT2D eigenvalue weighted by Crippen LogP contribution is -2.04. The van der Waals surface area contributed by atoms with E-state index < -0.39 is 10.9 Å². The maximum atomic E-state index is 10.8. The van der Waals surface area contributed by atoms with Crippen molar-refractivity contribution in [2.75, 3.05) is 0 Å². The first kappa shape index (κ1) is 12.1. The van der Waals surface area contributed by atoms with E-state index in [4.69, 9.17) is 10.4 Å². The number of alkyl halides is 1. The fraction of sp³-hybridized carbons (Fsp3) is 0.111. The Morgan fingerprint density at radius 1 is 1.62 bits per heavy atom. The number of nitriles is 1. The normalized spacial score (nSPS) is 9.50. The van der Waals surface area contributed by atoms with Crippen molar-refractivity contribution in [3.63, 3.8) is 0 Å². The summed E-state index contributed by atoms with van der Waals surface area (Å²) in [4.78, 5) is 20.7. The number of nitro benzene ring substituents is 1. The van der Waals surface area contributed by atoms with Gasteiger partial charge in [0.05, 0.1) is 16.1 Å². The third-order valence-electron chi connectivity index (χ3n) is 1.90. The van der Waals surface area contributed by atoms with E-state index in [-0.39, 0.29) is 27.7 Å². The van der Waals surface area contributed by atoms with Crippen LogP contribution in [0.15, 0.2) is 12.1 Å². The maximum Gasteiger partial charge on any atom is 0.337 e. The van der Waals surface area contributed by atoms with Crippen molar-refractivity contribution in [3.8, 4) is 6.07 Å². The Hall–Kier alpha value is -1.94. The van der Waals surface area contributed by atoms with Gasteiger partial charge >= 0.3 is 5.97 Å². The molecule has 16 heavy (non-hydrogen) atoms. The lowest BCUT2D eigenvalue weighted by molar-refractivity contribution is -0.384. The van der Waals surface area contributed by atoms with Crippen LogP contribution in [0.4, 0.5) is 5.69 Å². The molecule has 82 valence electrons. The molecule has 0 fully saturated rings. The van der Waals surface area contributed by atoms with Crippen molar-refractivity contribution in [1.29, 1.82) is 5.26 Å². The smallest absolute Gasteiger partial charge is 0.337 e. The van der Waals surface area contributed by atoms with Crippen LogP contribution in [0.25, 0.3) is 0 Å². The molecule has 0 saturated heterocycles. The second-order valence-electron chi connectivity index (χ2n) is 2.84. The fourth-order valence-electron chi connectivity index (χ4n) is 1.20. The Morgan fingerprint density at radius 3 is 2.62 bits per heavy atom. The van der Waals surface area contributed by atoms with Crippen molar-refractivity contribution in [1.82, 2.24) is 0 Å². The molecule has 0 heterocycles. The summed E-state index contributed by atoms with van der Waals surface area (Å²) < 4.78 is 0. The molecule has 0 atom stereocenters.